The summed E-state index contributed by atoms with van der Waals surface area (Å²) in [4.78, 5) is 8.89. The maximum atomic E-state index is 4.59. The van der Waals surface area contributed by atoms with E-state index >= 15 is 0 Å². The molecule has 1 unspecified atom stereocenters. The van der Waals surface area contributed by atoms with E-state index in [0.717, 1.165) is 11.3 Å². The minimum atomic E-state index is 0.164. The highest BCUT2D eigenvalue weighted by Crippen LogP contribution is 2.20. The topological polar surface area (TPSA) is 37.8 Å². The molecule has 1 atom stereocenters. The van der Waals surface area contributed by atoms with E-state index in [1.807, 2.05) is 54.6 Å². The van der Waals surface area contributed by atoms with Gasteiger partial charge < -0.3 is 5.32 Å². The third kappa shape index (κ3) is 3.26. The van der Waals surface area contributed by atoms with E-state index < -0.39 is 0 Å². The molecule has 3 heteroatoms. The highest BCUT2D eigenvalue weighted by molar-refractivity contribution is 5.59. The van der Waals surface area contributed by atoms with Gasteiger partial charge in [0.1, 0.15) is 0 Å². The molecule has 0 bridgehead atoms. The number of nitrogens with zero attached hydrogens (tertiary/aromatic N) is 2. The minimum Gasteiger partial charge on any atom is -0.348 e. The van der Waals surface area contributed by atoms with Crippen molar-refractivity contribution in [2.45, 2.75) is 13.0 Å². The molecule has 0 aliphatic rings. The molecule has 0 radical (unpaired) electrons. The summed E-state index contributed by atoms with van der Waals surface area (Å²) < 4.78 is 0. The number of aromatic nitrogens is 2. The van der Waals surface area contributed by atoms with Crippen LogP contribution < -0.4 is 5.32 Å². The first-order valence-electron chi connectivity index (χ1n) is 7.03. The lowest BCUT2D eigenvalue weighted by molar-refractivity contribution is 0.861. The first kappa shape index (κ1) is 13.3. The summed E-state index contributed by atoms with van der Waals surface area (Å²) in [6.45, 7) is 2.11. The first-order valence-corrected chi connectivity index (χ1v) is 7.03. The van der Waals surface area contributed by atoms with E-state index in [0.29, 0.717) is 5.95 Å². The lowest BCUT2D eigenvalue weighted by Gasteiger charge is -2.14. The zero-order valence-corrected chi connectivity index (χ0v) is 11.9. The van der Waals surface area contributed by atoms with Crippen LogP contribution in [0.5, 0.6) is 0 Å². The van der Waals surface area contributed by atoms with Crippen molar-refractivity contribution in [2.24, 2.45) is 0 Å². The molecule has 0 saturated heterocycles. The number of anilines is 1. The number of benzene rings is 2. The highest BCUT2D eigenvalue weighted by atomic mass is 15.1. The van der Waals surface area contributed by atoms with Crippen molar-refractivity contribution in [1.29, 1.82) is 0 Å². The van der Waals surface area contributed by atoms with Crippen LogP contribution in [0.3, 0.4) is 0 Å². The van der Waals surface area contributed by atoms with Gasteiger partial charge in [-0.3, -0.25) is 0 Å². The van der Waals surface area contributed by atoms with E-state index in [2.05, 4.69) is 34.3 Å². The van der Waals surface area contributed by atoms with Gasteiger partial charge in [-0.1, -0.05) is 60.7 Å². The summed E-state index contributed by atoms with van der Waals surface area (Å²) in [5, 5.41) is 3.35. The molecule has 2 aromatic carbocycles. The molecule has 3 rings (SSSR count). The largest absolute Gasteiger partial charge is 0.348 e. The van der Waals surface area contributed by atoms with Gasteiger partial charge in [0.05, 0.1) is 11.7 Å². The first-order chi connectivity index (χ1) is 10.3. The van der Waals surface area contributed by atoms with Gasteiger partial charge in [-0.15, -0.1) is 0 Å². The normalized spacial score (nSPS) is 11.9. The van der Waals surface area contributed by atoms with Crippen LogP contribution in [0, 0.1) is 0 Å². The van der Waals surface area contributed by atoms with Crippen LogP contribution in [0.25, 0.3) is 11.3 Å². The lowest BCUT2D eigenvalue weighted by Crippen LogP contribution is -2.09. The molecule has 1 aromatic heterocycles. The molecule has 1 heterocycles. The SMILES string of the molecule is CC(Nc1nccc(-c2ccccc2)n1)c1ccccc1. The molecule has 0 saturated carbocycles. The monoisotopic (exact) mass is 275 g/mol. The number of hydrogen-bond acceptors (Lipinski definition) is 3. The summed E-state index contributed by atoms with van der Waals surface area (Å²) in [5.74, 6) is 0.646. The van der Waals surface area contributed by atoms with Crippen molar-refractivity contribution >= 4 is 5.95 Å². The Bertz CT molecular complexity index is 696. The summed E-state index contributed by atoms with van der Waals surface area (Å²) in [7, 11) is 0. The minimum absolute atomic E-state index is 0.164. The van der Waals surface area contributed by atoms with Crippen LogP contribution in [0.15, 0.2) is 72.9 Å². The second kappa shape index (κ2) is 6.18. The molecule has 3 aromatic rings. The fourth-order valence-corrected chi connectivity index (χ4v) is 2.22. The van der Waals surface area contributed by atoms with Crippen molar-refractivity contribution in [1.82, 2.24) is 9.97 Å². The van der Waals surface area contributed by atoms with E-state index in [-0.39, 0.29) is 6.04 Å². The predicted molar refractivity (Wildman–Crippen MR) is 85.9 cm³/mol. The molecule has 0 amide bonds. The second-order valence-corrected chi connectivity index (χ2v) is 4.91. The third-order valence-corrected chi connectivity index (χ3v) is 3.37. The standard InChI is InChI=1S/C18H17N3/c1-14(15-8-4-2-5-9-15)20-18-19-13-12-17(21-18)16-10-6-3-7-11-16/h2-14H,1H3,(H,19,20,21). The van der Waals surface area contributed by atoms with Crippen molar-refractivity contribution < 1.29 is 0 Å². The second-order valence-electron chi connectivity index (χ2n) is 4.91. The van der Waals surface area contributed by atoms with Gasteiger partial charge in [-0.05, 0) is 18.6 Å². The summed E-state index contributed by atoms with van der Waals surface area (Å²) in [6, 6.07) is 22.5. The van der Waals surface area contributed by atoms with Crippen molar-refractivity contribution in [3.05, 3.63) is 78.5 Å². The summed E-state index contributed by atoms with van der Waals surface area (Å²) in [5.41, 5.74) is 3.23. The number of hydrogen-bond donors (Lipinski definition) is 1. The van der Waals surface area contributed by atoms with E-state index in [9.17, 15) is 0 Å². The Morgan fingerprint density at radius 3 is 2.24 bits per heavy atom. The quantitative estimate of drug-likeness (QED) is 0.770. The molecule has 1 N–H and O–H groups in total. The van der Waals surface area contributed by atoms with Gasteiger partial charge in [0.15, 0.2) is 0 Å². The Hall–Kier alpha value is -2.68. The van der Waals surface area contributed by atoms with E-state index in [1.54, 1.807) is 6.20 Å². The Morgan fingerprint density at radius 2 is 1.52 bits per heavy atom. The molecular weight excluding hydrogens is 258 g/mol. The van der Waals surface area contributed by atoms with Gasteiger partial charge in [-0.25, -0.2) is 9.97 Å². The fraction of sp³-hybridized carbons (Fsp3) is 0.111. The Balaban J connectivity index is 1.81. The van der Waals surface area contributed by atoms with Crippen LogP contribution in [0.1, 0.15) is 18.5 Å². The average Bonchev–Trinajstić information content (AvgIpc) is 2.57. The number of rotatable bonds is 4. The molecule has 0 spiro atoms. The molecule has 104 valence electrons. The maximum Gasteiger partial charge on any atom is 0.223 e. The zero-order valence-electron chi connectivity index (χ0n) is 11.9. The predicted octanol–water partition coefficient (Wildman–Crippen LogP) is 4.32. The maximum absolute atomic E-state index is 4.59. The summed E-state index contributed by atoms with van der Waals surface area (Å²) in [6.07, 6.45) is 1.79. The van der Waals surface area contributed by atoms with Crippen LogP contribution in [-0.4, -0.2) is 9.97 Å². The lowest BCUT2D eigenvalue weighted by atomic mass is 10.1. The fourth-order valence-electron chi connectivity index (χ4n) is 2.22. The molecule has 21 heavy (non-hydrogen) atoms. The van der Waals surface area contributed by atoms with Gasteiger partial charge in [0.2, 0.25) is 5.95 Å². The Kier molecular flexibility index (Phi) is 3.92. The zero-order chi connectivity index (χ0) is 14.5. The van der Waals surface area contributed by atoms with E-state index in [4.69, 9.17) is 0 Å². The Labute approximate surface area is 124 Å². The van der Waals surface area contributed by atoms with E-state index in [1.165, 1.54) is 5.56 Å². The van der Waals surface area contributed by atoms with Crippen molar-refractivity contribution in [3.8, 4) is 11.3 Å². The highest BCUT2D eigenvalue weighted by Gasteiger charge is 2.07. The molecule has 0 aliphatic carbocycles. The number of nitrogens with one attached hydrogen (secondary N) is 1. The van der Waals surface area contributed by atoms with Gasteiger partial charge in [0.25, 0.3) is 0 Å². The molecular formula is C18H17N3. The molecule has 0 fully saturated rings. The van der Waals surface area contributed by atoms with Crippen molar-refractivity contribution in [3.63, 3.8) is 0 Å². The Morgan fingerprint density at radius 1 is 0.857 bits per heavy atom. The third-order valence-electron chi connectivity index (χ3n) is 3.37. The van der Waals surface area contributed by atoms with Crippen molar-refractivity contribution in [2.75, 3.05) is 5.32 Å². The summed E-state index contributed by atoms with van der Waals surface area (Å²) >= 11 is 0. The molecule has 0 aliphatic heterocycles. The van der Waals surface area contributed by atoms with Crippen LogP contribution >= 0.6 is 0 Å². The van der Waals surface area contributed by atoms with Gasteiger partial charge in [-0.2, -0.15) is 0 Å². The smallest absolute Gasteiger partial charge is 0.223 e. The van der Waals surface area contributed by atoms with Gasteiger partial charge >= 0.3 is 0 Å². The molecule has 3 nitrogen and oxygen atoms in total. The van der Waals surface area contributed by atoms with Crippen LogP contribution in [0.4, 0.5) is 5.95 Å². The average molecular weight is 275 g/mol. The van der Waals surface area contributed by atoms with Crippen LogP contribution in [-0.2, 0) is 0 Å². The van der Waals surface area contributed by atoms with Gasteiger partial charge in [0, 0.05) is 11.8 Å². The van der Waals surface area contributed by atoms with Crippen LogP contribution in [0.2, 0.25) is 0 Å².